The third kappa shape index (κ3) is 20.8. The standard InChI is InChI=1S/C58H83NO9/c1-5-6-7-8-9-10-11-12-13-14-15-28-37-50(60)53(61)49(59-57(62)68-58(2,3)4)38-39-51-54(64-41-46-31-22-17-23-32-46)56(66-43-48-35-26-19-27-36-48)55(65-42-47-33-24-18-25-34-47)52(67-51)44-63-40-45-29-20-16-21-30-45/h16-27,29-36,49-56,60-61H,5-15,28,37-44H2,1-4H3,(H,59,62)/t49-,50+,51+,52+,53-,54-,55-,56+/m0/s1. The van der Waals surface area contributed by atoms with Gasteiger partial charge in [0.25, 0.3) is 0 Å². The van der Waals surface area contributed by atoms with Crippen molar-refractivity contribution in [3.8, 4) is 0 Å². The zero-order chi connectivity index (χ0) is 48.2. The van der Waals surface area contributed by atoms with Crippen molar-refractivity contribution < 1.29 is 43.4 Å². The number of alkyl carbamates (subject to hydrolysis) is 1. The van der Waals surface area contributed by atoms with Gasteiger partial charge in [0.15, 0.2) is 0 Å². The van der Waals surface area contributed by atoms with Crippen molar-refractivity contribution in [1.29, 1.82) is 0 Å². The van der Waals surface area contributed by atoms with Crippen LogP contribution in [0.3, 0.4) is 0 Å². The summed E-state index contributed by atoms with van der Waals surface area (Å²) in [4.78, 5) is 13.4. The number of rotatable bonds is 32. The number of aliphatic hydroxyl groups is 2. The van der Waals surface area contributed by atoms with Crippen LogP contribution in [0.25, 0.3) is 0 Å². The Morgan fingerprint density at radius 3 is 1.43 bits per heavy atom. The molecule has 0 saturated carbocycles. The van der Waals surface area contributed by atoms with Crippen LogP contribution in [0, 0.1) is 0 Å². The molecule has 1 amide bonds. The van der Waals surface area contributed by atoms with Crippen LogP contribution in [0.15, 0.2) is 121 Å². The van der Waals surface area contributed by atoms with Gasteiger partial charge in [-0.3, -0.25) is 0 Å². The lowest BCUT2D eigenvalue weighted by molar-refractivity contribution is -0.274. The number of nitrogens with one attached hydrogen (secondary N) is 1. The normalized spacial score (nSPS) is 19.8. The van der Waals surface area contributed by atoms with E-state index in [1.54, 1.807) is 20.8 Å². The number of ether oxygens (including phenoxy) is 6. The lowest BCUT2D eigenvalue weighted by atomic mass is 9.89. The molecule has 10 nitrogen and oxygen atoms in total. The van der Waals surface area contributed by atoms with Crippen LogP contribution in [-0.4, -0.2) is 77.3 Å². The van der Waals surface area contributed by atoms with Crippen molar-refractivity contribution in [2.45, 2.75) is 205 Å². The average molecular weight is 938 g/mol. The number of amides is 1. The third-order valence-electron chi connectivity index (χ3n) is 12.6. The van der Waals surface area contributed by atoms with Gasteiger partial charge in [0.05, 0.1) is 51.3 Å². The average Bonchev–Trinajstić information content (AvgIpc) is 3.34. The van der Waals surface area contributed by atoms with Crippen LogP contribution >= 0.6 is 0 Å². The van der Waals surface area contributed by atoms with Crippen LogP contribution in [0.5, 0.6) is 0 Å². The Morgan fingerprint density at radius 1 is 0.559 bits per heavy atom. The van der Waals surface area contributed by atoms with Gasteiger partial charge in [0.1, 0.15) is 36.1 Å². The SMILES string of the molecule is CCCCCCCCCCCCCC[C@@H](O)[C@@H](O)[C@H](CC[C@H]1O[C@H](COCc2ccccc2)[C@H](OCc2ccccc2)[C@H](OCc2ccccc2)[C@H]1OCc1ccccc1)NC(=O)OC(C)(C)C. The minimum absolute atomic E-state index is 0.210. The van der Waals surface area contributed by atoms with Crippen LogP contribution in [-0.2, 0) is 54.8 Å². The summed E-state index contributed by atoms with van der Waals surface area (Å²) in [6.45, 7) is 9.16. The smallest absolute Gasteiger partial charge is 0.407 e. The first-order valence-corrected chi connectivity index (χ1v) is 25.7. The predicted molar refractivity (Wildman–Crippen MR) is 270 cm³/mol. The number of hydrogen-bond acceptors (Lipinski definition) is 9. The molecule has 5 rings (SSSR count). The Labute approximate surface area is 408 Å². The lowest BCUT2D eigenvalue weighted by Crippen LogP contribution is -2.61. The first kappa shape index (κ1) is 54.8. The molecule has 4 aromatic carbocycles. The maximum absolute atomic E-state index is 13.4. The van der Waals surface area contributed by atoms with Crippen LogP contribution in [0.2, 0.25) is 0 Å². The molecule has 0 aliphatic carbocycles. The zero-order valence-electron chi connectivity index (χ0n) is 41.6. The number of hydrogen-bond donors (Lipinski definition) is 3. The fourth-order valence-electron chi connectivity index (χ4n) is 8.88. The fourth-order valence-corrected chi connectivity index (χ4v) is 8.88. The summed E-state index contributed by atoms with van der Waals surface area (Å²) < 4.78 is 39.9. The number of carbonyl (C=O) groups is 1. The Balaban J connectivity index is 1.36. The van der Waals surface area contributed by atoms with E-state index in [0.29, 0.717) is 32.7 Å². The van der Waals surface area contributed by atoms with E-state index in [1.165, 1.54) is 57.8 Å². The maximum Gasteiger partial charge on any atom is 0.407 e. The minimum atomic E-state index is -1.25. The molecule has 1 aliphatic rings. The van der Waals surface area contributed by atoms with Crippen LogP contribution in [0.4, 0.5) is 4.79 Å². The van der Waals surface area contributed by atoms with Gasteiger partial charge in [0, 0.05) is 0 Å². The van der Waals surface area contributed by atoms with E-state index >= 15 is 0 Å². The molecule has 374 valence electrons. The number of unbranched alkanes of at least 4 members (excludes halogenated alkanes) is 11. The van der Waals surface area contributed by atoms with Gasteiger partial charge in [-0.1, -0.05) is 205 Å². The summed E-state index contributed by atoms with van der Waals surface area (Å²) in [5.74, 6) is 0. The van der Waals surface area contributed by atoms with E-state index in [2.05, 4.69) is 12.2 Å². The molecule has 0 aromatic heterocycles. The highest BCUT2D eigenvalue weighted by molar-refractivity contribution is 5.68. The molecular weight excluding hydrogens is 855 g/mol. The molecule has 1 saturated heterocycles. The molecule has 0 unspecified atom stereocenters. The second kappa shape index (κ2) is 31.2. The molecule has 8 atom stereocenters. The molecule has 0 bridgehead atoms. The predicted octanol–water partition coefficient (Wildman–Crippen LogP) is 12.2. The molecule has 1 fully saturated rings. The summed E-state index contributed by atoms with van der Waals surface area (Å²) in [6.07, 6.45) is 9.49. The summed E-state index contributed by atoms with van der Waals surface area (Å²) in [5, 5.41) is 26.3. The molecular formula is C58H83NO9. The van der Waals surface area contributed by atoms with E-state index in [1.807, 2.05) is 121 Å². The molecule has 4 aromatic rings. The largest absolute Gasteiger partial charge is 0.444 e. The topological polar surface area (TPSA) is 125 Å². The quantitative estimate of drug-likeness (QED) is 0.0411. The monoisotopic (exact) mass is 938 g/mol. The summed E-state index contributed by atoms with van der Waals surface area (Å²) in [5.41, 5.74) is 3.28. The van der Waals surface area contributed by atoms with Crippen LogP contribution < -0.4 is 5.32 Å². The summed E-state index contributed by atoms with van der Waals surface area (Å²) in [6, 6.07) is 39.3. The minimum Gasteiger partial charge on any atom is -0.444 e. The van der Waals surface area contributed by atoms with Gasteiger partial charge >= 0.3 is 6.09 Å². The number of aliphatic hydroxyl groups excluding tert-OH is 2. The first-order chi connectivity index (χ1) is 33.1. The third-order valence-corrected chi connectivity index (χ3v) is 12.6. The Hall–Kier alpha value is -4.13. The molecule has 3 N–H and O–H groups in total. The molecule has 68 heavy (non-hydrogen) atoms. The lowest BCUT2D eigenvalue weighted by Gasteiger charge is -2.46. The Morgan fingerprint density at radius 2 is 0.971 bits per heavy atom. The van der Waals surface area contributed by atoms with Crippen LogP contribution in [0.1, 0.15) is 146 Å². The highest BCUT2D eigenvalue weighted by atomic mass is 16.6. The van der Waals surface area contributed by atoms with Crippen molar-refractivity contribution in [1.82, 2.24) is 5.32 Å². The molecule has 10 heteroatoms. The molecule has 0 radical (unpaired) electrons. The van der Waals surface area contributed by atoms with E-state index in [9.17, 15) is 15.0 Å². The molecule has 1 heterocycles. The van der Waals surface area contributed by atoms with E-state index in [4.69, 9.17) is 28.4 Å². The van der Waals surface area contributed by atoms with Crippen molar-refractivity contribution >= 4 is 6.09 Å². The second-order valence-corrected chi connectivity index (χ2v) is 19.6. The van der Waals surface area contributed by atoms with E-state index in [0.717, 1.165) is 41.5 Å². The van der Waals surface area contributed by atoms with Gasteiger partial charge in [-0.05, 0) is 62.3 Å². The van der Waals surface area contributed by atoms with Crippen molar-refractivity contribution in [2.24, 2.45) is 0 Å². The van der Waals surface area contributed by atoms with Crippen molar-refractivity contribution in [2.75, 3.05) is 6.61 Å². The molecule has 1 aliphatic heterocycles. The molecule has 0 spiro atoms. The van der Waals surface area contributed by atoms with Crippen molar-refractivity contribution in [3.05, 3.63) is 144 Å². The zero-order valence-corrected chi connectivity index (χ0v) is 41.6. The van der Waals surface area contributed by atoms with E-state index < -0.39 is 60.5 Å². The van der Waals surface area contributed by atoms with Crippen molar-refractivity contribution in [3.63, 3.8) is 0 Å². The van der Waals surface area contributed by atoms with E-state index in [-0.39, 0.29) is 19.6 Å². The van der Waals surface area contributed by atoms with Gasteiger partial charge in [-0.15, -0.1) is 0 Å². The Kier molecular flexibility index (Phi) is 25.1. The second-order valence-electron chi connectivity index (χ2n) is 19.6. The van der Waals surface area contributed by atoms with Gasteiger partial charge in [0.2, 0.25) is 0 Å². The highest BCUT2D eigenvalue weighted by Gasteiger charge is 2.48. The van der Waals surface area contributed by atoms with Gasteiger partial charge in [-0.25, -0.2) is 4.79 Å². The number of benzene rings is 4. The highest BCUT2D eigenvalue weighted by Crippen LogP contribution is 2.34. The maximum atomic E-state index is 13.4. The summed E-state index contributed by atoms with van der Waals surface area (Å²) >= 11 is 0. The summed E-state index contributed by atoms with van der Waals surface area (Å²) in [7, 11) is 0. The van der Waals surface area contributed by atoms with Gasteiger partial charge in [-0.2, -0.15) is 0 Å². The van der Waals surface area contributed by atoms with Gasteiger partial charge < -0.3 is 44.0 Å². The Bertz CT molecular complexity index is 1880. The first-order valence-electron chi connectivity index (χ1n) is 25.7. The fraction of sp³-hybridized carbons (Fsp3) is 0.569. The number of carbonyl (C=O) groups excluding carboxylic acids is 1.